The number of rotatable bonds is 4. The van der Waals surface area contributed by atoms with Crippen molar-refractivity contribution in [3.05, 3.63) is 59.2 Å². The van der Waals surface area contributed by atoms with Crippen LogP contribution in [0.1, 0.15) is 16.7 Å². The number of para-hydroxylation sites is 1. The summed E-state index contributed by atoms with van der Waals surface area (Å²) in [6.07, 6.45) is 0.949. The summed E-state index contributed by atoms with van der Waals surface area (Å²) < 4.78 is 11.3. The van der Waals surface area contributed by atoms with Crippen molar-refractivity contribution in [3.8, 4) is 11.5 Å². The number of carbonyl (C=O) groups excluding carboxylic acids is 1. The average Bonchev–Trinajstić information content (AvgIpc) is 2.99. The molecule has 1 amide bonds. The standard InChI is InChI=1S/C20H22N2O3/c23-20(21-12-15-5-6-19-16(11-15)7-9-24-19)14-22-8-10-25-18-4-2-1-3-17(18)13-22/h1-6,11H,7-10,12-14H2,(H,21,23). The normalized spacial score (nSPS) is 16.2. The van der Waals surface area contributed by atoms with Gasteiger partial charge in [-0.15, -0.1) is 0 Å². The molecule has 2 aliphatic rings. The van der Waals surface area contributed by atoms with E-state index in [0.717, 1.165) is 48.7 Å². The summed E-state index contributed by atoms with van der Waals surface area (Å²) in [5.74, 6) is 1.93. The van der Waals surface area contributed by atoms with Gasteiger partial charge in [-0.3, -0.25) is 9.69 Å². The maximum atomic E-state index is 12.3. The van der Waals surface area contributed by atoms with Crippen molar-refractivity contribution in [2.24, 2.45) is 0 Å². The van der Waals surface area contributed by atoms with E-state index in [0.29, 0.717) is 19.7 Å². The minimum Gasteiger partial charge on any atom is -0.493 e. The quantitative estimate of drug-likeness (QED) is 0.928. The molecule has 0 saturated carbocycles. The van der Waals surface area contributed by atoms with Crippen molar-refractivity contribution >= 4 is 5.91 Å². The smallest absolute Gasteiger partial charge is 0.234 e. The molecule has 5 nitrogen and oxygen atoms in total. The summed E-state index contributed by atoms with van der Waals surface area (Å²) in [6, 6.07) is 14.1. The van der Waals surface area contributed by atoms with Gasteiger partial charge in [0.05, 0.1) is 13.2 Å². The first-order valence-electron chi connectivity index (χ1n) is 8.72. The number of amides is 1. The molecule has 2 aromatic rings. The van der Waals surface area contributed by atoms with Crippen molar-refractivity contribution in [2.45, 2.75) is 19.5 Å². The lowest BCUT2D eigenvalue weighted by Gasteiger charge is -2.18. The van der Waals surface area contributed by atoms with Crippen LogP contribution in [0, 0.1) is 0 Å². The number of hydrogen-bond acceptors (Lipinski definition) is 4. The maximum Gasteiger partial charge on any atom is 0.234 e. The molecule has 4 rings (SSSR count). The molecular weight excluding hydrogens is 316 g/mol. The predicted octanol–water partition coefficient (Wildman–Crippen LogP) is 2.13. The van der Waals surface area contributed by atoms with Crippen molar-refractivity contribution in [1.82, 2.24) is 10.2 Å². The summed E-state index contributed by atoms with van der Waals surface area (Å²) in [5, 5.41) is 3.02. The Labute approximate surface area is 147 Å². The molecule has 0 bridgehead atoms. The minimum atomic E-state index is 0.0381. The fourth-order valence-corrected chi connectivity index (χ4v) is 3.32. The molecule has 0 aliphatic carbocycles. The first kappa shape index (κ1) is 16.0. The molecule has 0 atom stereocenters. The Bertz CT molecular complexity index is 775. The summed E-state index contributed by atoms with van der Waals surface area (Å²) >= 11 is 0. The molecule has 0 aromatic heterocycles. The van der Waals surface area contributed by atoms with Crippen LogP contribution in [0.4, 0.5) is 0 Å². The van der Waals surface area contributed by atoms with Crippen molar-refractivity contribution in [3.63, 3.8) is 0 Å². The molecule has 2 aromatic carbocycles. The zero-order valence-corrected chi connectivity index (χ0v) is 14.2. The highest BCUT2D eigenvalue weighted by molar-refractivity contribution is 5.78. The van der Waals surface area contributed by atoms with Crippen LogP contribution in [-0.2, 0) is 24.3 Å². The molecule has 0 unspecified atom stereocenters. The Balaban J connectivity index is 1.32. The van der Waals surface area contributed by atoms with E-state index in [-0.39, 0.29) is 5.91 Å². The van der Waals surface area contributed by atoms with Crippen LogP contribution < -0.4 is 14.8 Å². The highest BCUT2D eigenvalue weighted by Crippen LogP contribution is 2.26. The number of nitrogens with zero attached hydrogens (tertiary/aromatic N) is 1. The fraction of sp³-hybridized carbons (Fsp3) is 0.350. The van der Waals surface area contributed by atoms with Gasteiger partial charge in [-0.05, 0) is 23.3 Å². The van der Waals surface area contributed by atoms with Gasteiger partial charge in [-0.1, -0.05) is 30.3 Å². The minimum absolute atomic E-state index is 0.0381. The summed E-state index contributed by atoms with van der Waals surface area (Å²) in [4.78, 5) is 14.4. The molecule has 0 fully saturated rings. The summed E-state index contributed by atoms with van der Waals surface area (Å²) in [7, 11) is 0. The Kier molecular flexibility index (Phi) is 4.57. The van der Waals surface area contributed by atoms with Crippen LogP contribution in [-0.4, -0.2) is 37.1 Å². The first-order valence-corrected chi connectivity index (χ1v) is 8.72. The third-order valence-corrected chi connectivity index (χ3v) is 4.64. The van der Waals surface area contributed by atoms with E-state index in [2.05, 4.69) is 22.3 Å². The zero-order chi connectivity index (χ0) is 17.1. The van der Waals surface area contributed by atoms with E-state index < -0.39 is 0 Å². The lowest BCUT2D eigenvalue weighted by Crippen LogP contribution is -2.37. The van der Waals surface area contributed by atoms with Gasteiger partial charge < -0.3 is 14.8 Å². The van der Waals surface area contributed by atoms with E-state index in [9.17, 15) is 4.79 Å². The fourth-order valence-electron chi connectivity index (χ4n) is 3.32. The monoisotopic (exact) mass is 338 g/mol. The molecule has 5 heteroatoms. The second-order valence-electron chi connectivity index (χ2n) is 6.48. The largest absolute Gasteiger partial charge is 0.493 e. The molecule has 25 heavy (non-hydrogen) atoms. The molecule has 0 spiro atoms. The summed E-state index contributed by atoms with van der Waals surface area (Å²) in [6.45, 7) is 3.77. The predicted molar refractivity (Wildman–Crippen MR) is 94.7 cm³/mol. The van der Waals surface area contributed by atoms with E-state index in [4.69, 9.17) is 9.47 Å². The number of hydrogen-bond donors (Lipinski definition) is 1. The van der Waals surface area contributed by atoms with Gasteiger partial charge in [0.25, 0.3) is 0 Å². The SMILES string of the molecule is O=C(CN1CCOc2ccccc2C1)NCc1ccc2c(c1)CCO2. The van der Waals surface area contributed by atoms with Gasteiger partial charge in [-0.2, -0.15) is 0 Å². The molecular formula is C20H22N2O3. The molecule has 1 N–H and O–H groups in total. The van der Waals surface area contributed by atoms with E-state index >= 15 is 0 Å². The zero-order valence-electron chi connectivity index (χ0n) is 14.2. The Morgan fingerprint density at radius 2 is 1.88 bits per heavy atom. The molecule has 130 valence electrons. The molecule has 2 aliphatic heterocycles. The second kappa shape index (κ2) is 7.15. The topological polar surface area (TPSA) is 50.8 Å². The van der Waals surface area contributed by atoms with Gasteiger partial charge in [0.15, 0.2) is 0 Å². The van der Waals surface area contributed by atoms with Crippen LogP contribution >= 0.6 is 0 Å². The average molecular weight is 338 g/mol. The Hall–Kier alpha value is -2.53. The van der Waals surface area contributed by atoms with Gasteiger partial charge in [0.1, 0.15) is 18.1 Å². The van der Waals surface area contributed by atoms with Crippen LogP contribution in [0.5, 0.6) is 11.5 Å². The van der Waals surface area contributed by atoms with E-state index in [1.165, 1.54) is 5.56 Å². The molecule has 2 heterocycles. The first-order chi connectivity index (χ1) is 12.3. The number of nitrogens with one attached hydrogen (secondary N) is 1. The lowest BCUT2D eigenvalue weighted by atomic mass is 10.1. The Morgan fingerprint density at radius 3 is 2.84 bits per heavy atom. The van der Waals surface area contributed by atoms with E-state index in [1.807, 2.05) is 30.3 Å². The van der Waals surface area contributed by atoms with Gasteiger partial charge >= 0.3 is 0 Å². The number of carbonyl (C=O) groups is 1. The highest BCUT2D eigenvalue weighted by Gasteiger charge is 2.17. The van der Waals surface area contributed by atoms with Gasteiger partial charge in [-0.25, -0.2) is 0 Å². The molecule has 0 radical (unpaired) electrons. The Morgan fingerprint density at radius 1 is 1.04 bits per heavy atom. The third-order valence-electron chi connectivity index (χ3n) is 4.64. The lowest BCUT2D eigenvalue weighted by molar-refractivity contribution is -0.122. The summed E-state index contributed by atoms with van der Waals surface area (Å²) in [5.41, 5.74) is 3.47. The van der Waals surface area contributed by atoms with Crippen molar-refractivity contribution in [1.29, 1.82) is 0 Å². The van der Waals surface area contributed by atoms with Crippen LogP contribution in [0.3, 0.4) is 0 Å². The number of ether oxygens (including phenoxy) is 2. The van der Waals surface area contributed by atoms with E-state index in [1.54, 1.807) is 0 Å². The van der Waals surface area contributed by atoms with Crippen LogP contribution in [0.2, 0.25) is 0 Å². The van der Waals surface area contributed by atoms with Gasteiger partial charge in [0, 0.05) is 31.6 Å². The number of benzene rings is 2. The number of fused-ring (bicyclic) bond motifs is 2. The molecule has 0 saturated heterocycles. The van der Waals surface area contributed by atoms with Crippen LogP contribution in [0.25, 0.3) is 0 Å². The second-order valence-corrected chi connectivity index (χ2v) is 6.48. The highest BCUT2D eigenvalue weighted by atomic mass is 16.5. The van der Waals surface area contributed by atoms with Crippen LogP contribution in [0.15, 0.2) is 42.5 Å². The maximum absolute atomic E-state index is 12.3. The van der Waals surface area contributed by atoms with Crippen molar-refractivity contribution < 1.29 is 14.3 Å². The van der Waals surface area contributed by atoms with Gasteiger partial charge in [0.2, 0.25) is 5.91 Å². The van der Waals surface area contributed by atoms with Crippen molar-refractivity contribution in [2.75, 3.05) is 26.3 Å². The third kappa shape index (κ3) is 3.77.